The van der Waals surface area contributed by atoms with E-state index in [1.165, 1.54) is 26.1 Å². The first-order valence-electron chi connectivity index (χ1n) is 8.66. The molecular formula is C19H29FN2. The number of anilines is 1. The average Bonchev–Trinajstić information content (AvgIpc) is 2.95. The minimum atomic E-state index is -0.0576. The molecule has 0 radical (unpaired) electrons. The highest BCUT2D eigenvalue weighted by Gasteiger charge is 2.40. The molecule has 0 aliphatic carbocycles. The van der Waals surface area contributed by atoms with Gasteiger partial charge in [-0.3, -0.25) is 0 Å². The fourth-order valence-electron chi connectivity index (χ4n) is 4.02. The molecule has 2 aliphatic rings. The number of rotatable bonds is 3. The van der Waals surface area contributed by atoms with Crippen LogP contribution in [0.1, 0.15) is 39.7 Å². The molecule has 122 valence electrons. The summed E-state index contributed by atoms with van der Waals surface area (Å²) in [6.45, 7) is 14.2. The maximum absolute atomic E-state index is 14.6. The average molecular weight is 304 g/mol. The van der Waals surface area contributed by atoms with Gasteiger partial charge in [-0.25, -0.2) is 4.39 Å². The molecule has 0 spiro atoms. The molecule has 2 nitrogen and oxygen atoms in total. The van der Waals surface area contributed by atoms with E-state index in [1.54, 1.807) is 6.07 Å². The molecule has 0 bridgehead atoms. The summed E-state index contributed by atoms with van der Waals surface area (Å²) in [4.78, 5) is 4.84. The molecule has 3 rings (SSSR count). The van der Waals surface area contributed by atoms with Gasteiger partial charge in [-0.05, 0) is 47.9 Å². The maximum atomic E-state index is 14.6. The highest BCUT2D eigenvalue weighted by atomic mass is 19.1. The second kappa shape index (κ2) is 5.84. The Morgan fingerprint density at radius 2 is 1.73 bits per heavy atom. The van der Waals surface area contributed by atoms with Gasteiger partial charge in [0.15, 0.2) is 0 Å². The second-order valence-corrected chi connectivity index (χ2v) is 8.10. The molecule has 2 saturated heterocycles. The molecule has 0 amide bonds. The Bertz CT molecular complexity index is 521. The molecule has 0 aromatic heterocycles. The van der Waals surface area contributed by atoms with Gasteiger partial charge in [-0.1, -0.05) is 33.8 Å². The van der Waals surface area contributed by atoms with Gasteiger partial charge in [0.2, 0.25) is 0 Å². The number of halogens is 1. The van der Waals surface area contributed by atoms with Crippen molar-refractivity contribution in [3.63, 3.8) is 0 Å². The second-order valence-electron chi connectivity index (χ2n) is 8.10. The van der Waals surface area contributed by atoms with E-state index < -0.39 is 0 Å². The van der Waals surface area contributed by atoms with Crippen LogP contribution in [0.25, 0.3) is 0 Å². The van der Waals surface area contributed by atoms with Crippen LogP contribution in [-0.4, -0.2) is 37.6 Å². The first-order chi connectivity index (χ1) is 10.4. The van der Waals surface area contributed by atoms with Crippen molar-refractivity contribution >= 4 is 5.69 Å². The highest BCUT2D eigenvalue weighted by molar-refractivity contribution is 5.51. The zero-order chi connectivity index (χ0) is 15.9. The van der Waals surface area contributed by atoms with E-state index in [2.05, 4.69) is 43.6 Å². The van der Waals surface area contributed by atoms with E-state index in [4.69, 9.17) is 0 Å². The van der Waals surface area contributed by atoms with Gasteiger partial charge >= 0.3 is 0 Å². The predicted molar refractivity (Wildman–Crippen MR) is 91.0 cm³/mol. The number of hydrogen-bond donors (Lipinski definition) is 0. The SMILES string of the molecule is CCCN1CC2CN(c3ccc(C(C)(C)C)cc3F)CC2C1. The van der Waals surface area contributed by atoms with Crippen LogP contribution in [0.5, 0.6) is 0 Å². The third-order valence-electron chi connectivity index (χ3n) is 5.26. The van der Waals surface area contributed by atoms with Gasteiger partial charge in [0.1, 0.15) is 5.82 Å². The Labute approximate surface area is 134 Å². The lowest BCUT2D eigenvalue weighted by Gasteiger charge is -2.25. The summed E-state index contributed by atoms with van der Waals surface area (Å²) in [5, 5.41) is 0. The summed E-state index contributed by atoms with van der Waals surface area (Å²) in [7, 11) is 0. The van der Waals surface area contributed by atoms with Crippen LogP contribution in [0.2, 0.25) is 0 Å². The van der Waals surface area contributed by atoms with Gasteiger partial charge in [0.05, 0.1) is 5.69 Å². The van der Waals surface area contributed by atoms with Crippen LogP contribution in [0, 0.1) is 17.7 Å². The van der Waals surface area contributed by atoms with Crippen molar-refractivity contribution in [1.29, 1.82) is 0 Å². The molecule has 1 aromatic carbocycles. The van der Waals surface area contributed by atoms with Crippen LogP contribution < -0.4 is 4.90 Å². The Balaban J connectivity index is 1.70. The number of benzene rings is 1. The van der Waals surface area contributed by atoms with E-state index in [9.17, 15) is 4.39 Å². The van der Waals surface area contributed by atoms with Gasteiger partial charge < -0.3 is 9.80 Å². The lowest BCUT2D eigenvalue weighted by Crippen LogP contribution is -2.29. The van der Waals surface area contributed by atoms with E-state index in [1.807, 2.05) is 6.07 Å². The van der Waals surface area contributed by atoms with Gasteiger partial charge in [-0.15, -0.1) is 0 Å². The van der Waals surface area contributed by atoms with Crippen molar-refractivity contribution in [2.24, 2.45) is 11.8 Å². The monoisotopic (exact) mass is 304 g/mol. The number of fused-ring (bicyclic) bond motifs is 1. The number of hydrogen-bond acceptors (Lipinski definition) is 2. The van der Waals surface area contributed by atoms with E-state index in [0.29, 0.717) is 11.8 Å². The fraction of sp³-hybridized carbons (Fsp3) is 0.684. The smallest absolute Gasteiger partial charge is 0.146 e. The summed E-state index contributed by atoms with van der Waals surface area (Å²) >= 11 is 0. The molecule has 22 heavy (non-hydrogen) atoms. The normalized spacial score (nSPS) is 25.8. The first kappa shape index (κ1) is 15.8. The van der Waals surface area contributed by atoms with Gasteiger partial charge in [-0.2, -0.15) is 0 Å². The zero-order valence-corrected chi connectivity index (χ0v) is 14.4. The van der Waals surface area contributed by atoms with E-state index in [0.717, 1.165) is 24.3 Å². The van der Waals surface area contributed by atoms with Crippen molar-refractivity contribution in [2.45, 2.75) is 39.5 Å². The summed E-state index contributed by atoms with van der Waals surface area (Å²) in [6.07, 6.45) is 1.23. The molecule has 1 aromatic rings. The Morgan fingerprint density at radius 3 is 2.23 bits per heavy atom. The van der Waals surface area contributed by atoms with E-state index in [-0.39, 0.29) is 11.2 Å². The van der Waals surface area contributed by atoms with Gasteiger partial charge in [0, 0.05) is 26.2 Å². The third-order valence-corrected chi connectivity index (χ3v) is 5.26. The van der Waals surface area contributed by atoms with E-state index >= 15 is 0 Å². The Hall–Kier alpha value is -1.09. The molecule has 0 N–H and O–H groups in total. The minimum Gasteiger partial charge on any atom is -0.368 e. The molecule has 2 fully saturated rings. The molecular weight excluding hydrogens is 275 g/mol. The van der Waals surface area contributed by atoms with Crippen molar-refractivity contribution in [2.75, 3.05) is 37.6 Å². The van der Waals surface area contributed by atoms with Crippen molar-refractivity contribution in [1.82, 2.24) is 4.90 Å². The minimum absolute atomic E-state index is 0.00153. The molecule has 3 heteroatoms. The van der Waals surface area contributed by atoms with Crippen LogP contribution in [-0.2, 0) is 5.41 Å². The summed E-state index contributed by atoms with van der Waals surface area (Å²) in [6, 6.07) is 5.81. The molecule has 2 unspecified atom stereocenters. The topological polar surface area (TPSA) is 6.48 Å². The maximum Gasteiger partial charge on any atom is 0.146 e. The van der Waals surface area contributed by atoms with Crippen LogP contribution >= 0.6 is 0 Å². The van der Waals surface area contributed by atoms with Crippen LogP contribution in [0.15, 0.2) is 18.2 Å². The fourth-order valence-corrected chi connectivity index (χ4v) is 4.02. The largest absolute Gasteiger partial charge is 0.368 e. The quantitative estimate of drug-likeness (QED) is 0.835. The van der Waals surface area contributed by atoms with Crippen LogP contribution in [0.4, 0.5) is 10.1 Å². The van der Waals surface area contributed by atoms with Crippen molar-refractivity contribution < 1.29 is 4.39 Å². The van der Waals surface area contributed by atoms with Crippen molar-refractivity contribution in [3.05, 3.63) is 29.6 Å². The summed E-state index contributed by atoms with van der Waals surface area (Å²) in [5.41, 5.74) is 1.87. The number of likely N-dealkylation sites (tertiary alicyclic amines) is 1. The molecule has 0 saturated carbocycles. The lowest BCUT2D eigenvalue weighted by atomic mass is 9.87. The number of nitrogens with zero attached hydrogens (tertiary/aromatic N) is 2. The zero-order valence-electron chi connectivity index (χ0n) is 14.4. The molecule has 2 heterocycles. The molecule has 2 atom stereocenters. The Morgan fingerprint density at radius 1 is 1.09 bits per heavy atom. The Kier molecular flexibility index (Phi) is 4.19. The van der Waals surface area contributed by atoms with Crippen molar-refractivity contribution in [3.8, 4) is 0 Å². The standard InChI is InChI=1S/C19H29FN2/c1-5-8-21-10-14-12-22(13-15(14)11-21)18-7-6-16(9-17(18)20)19(2,3)4/h6-7,9,14-15H,5,8,10-13H2,1-4H3. The summed E-state index contributed by atoms with van der Waals surface area (Å²) < 4.78 is 14.6. The van der Waals surface area contributed by atoms with Crippen LogP contribution in [0.3, 0.4) is 0 Å². The predicted octanol–water partition coefficient (Wildman–Crippen LogP) is 3.90. The molecule has 2 aliphatic heterocycles. The first-order valence-corrected chi connectivity index (χ1v) is 8.66. The third kappa shape index (κ3) is 3.01. The van der Waals surface area contributed by atoms with Gasteiger partial charge in [0.25, 0.3) is 0 Å². The lowest BCUT2D eigenvalue weighted by molar-refractivity contribution is 0.317. The highest BCUT2D eigenvalue weighted by Crippen LogP contribution is 2.36. The summed E-state index contributed by atoms with van der Waals surface area (Å²) in [5.74, 6) is 1.37.